The summed E-state index contributed by atoms with van der Waals surface area (Å²) in [5.74, 6) is -1.88. The molecular weight excluding hydrogens is 229 g/mol. The summed E-state index contributed by atoms with van der Waals surface area (Å²) in [5, 5.41) is 8.21. The van der Waals surface area contributed by atoms with Crippen molar-refractivity contribution in [2.24, 2.45) is 0 Å². The van der Waals surface area contributed by atoms with Gasteiger partial charge in [-0.05, 0) is 12.1 Å². The Bertz CT molecular complexity index is 381. The number of pyridine rings is 1. The van der Waals surface area contributed by atoms with Crippen LogP contribution in [0.5, 0.6) is 0 Å². The average molecular weight is 236 g/mol. The lowest BCUT2D eigenvalue weighted by Crippen LogP contribution is -2.16. The Balaban J connectivity index is 2.76. The van der Waals surface area contributed by atoms with Crippen molar-refractivity contribution in [2.75, 3.05) is 12.1 Å². The van der Waals surface area contributed by atoms with Crippen molar-refractivity contribution in [2.45, 2.75) is 6.18 Å². The summed E-state index contributed by atoms with van der Waals surface area (Å²) < 4.78 is 37.1. The van der Waals surface area contributed by atoms with Gasteiger partial charge >= 0.3 is 12.1 Å². The molecule has 8 heteroatoms. The molecule has 0 spiro atoms. The van der Waals surface area contributed by atoms with Crippen LogP contribution in [-0.4, -0.2) is 22.7 Å². The smallest absolute Gasteiger partial charge is 0.420 e. The van der Waals surface area contributed by atoms with E-state index in [0.717, 1.165) is 18.3 Å². The molecule has 2 N–H and O–H groups in total. The van der Waals surface area contributed by atoms with Crippen molar-refractivity contribution in [3.8, 4) is 0 Å². The van der Waals surface area contributed by atoms with E-state index in [1.807, 2.05) is 5.48 Å². The van der Waals surface area contributed by atoms with Gasteiger partial charge in [0, 0.05) is 6.20 Å². The molecule has 0 saturated heterocycles. The van der Waals surface area contributed by atoms with Crippen LogP contribution in [0.1, 0.15) is 5.56 Å². The van der Waals surface area contributed by atoms with Gasteiger partial charge in [0.25, 0.3) is 0 Å². The van der Waals surface area contributed by atoms with Crippen LogP contribution in [-0.2, 0) is 15.8 Å². The molecule has 0 unspecified atom stereocenters. The van der Waals surface area contributed by atoms with Crippen LogP contribution in [0.3, 0.4) is 0 Å². The van der Waals surface area contributed by atoms with Gasteiger partial charge in [0.2, 0.25) is 0 Å². The first kappa shape index (κ1) is 12.2. The van der Waals surface area contributed by atoms with Crippen molar-refractivity contribution < 1.29 is 27.9 Å². The minimum absolute atomic E-state index is 0.573. The Labute approximate surface area is 87.8 Å². The maximum atomic E-state index is 12.4. The van der Waals surface area contributed by atoms with E-state index in [9.17, 15) is 18.0 Å². The molecule has 0 atom stereocenters. The van der Waals surface area contributed by atoms with E-state index in [1.165, 1.54) is 0 Å². The van der Waals surface area contributed by atoms with Gasteiger partial charge < -0.3 is 5.11 Å². The molecule has 0 aliphatic carbocycles. The Kier molecular flexibility index (Phi) is 3.67. The number of carboxylic acid groups (broad SMARTS) is 1. The second kappa shape index (κ2) is 4.79. The standard InChI is InChI=1S/C8H7F3N2O3/c9-8(10,11)5-2-1-3-12-7(5)13-16-4-6(14)15/h1-3H,4H2,(H,12,13)(H,14,15). The molecule has 0 aliphatic heterocycles. The molecule has 16 heavy (non-hydrogen) atoms. The molecule has 1 aromatic heterocycles. The highest BCUT2D eigenvalue weighted by Crippen LogP contribution is 2.33. The zero-order chi connectivity index (χ0) is 12.2. The second-order valence-corrected chi connectivity index (χ2v) is 2.68. The first-order chi connectivity index (χ1) is 7.41. The first-order valence-corrected chi connectivity index (χ1v) is 4.03. The molecular formula is C8H7F3N2O3. The molecule has 88 valence electrons. The topological polar surface area (TPSA) is 71.5 Å². The minimum Gasteiger partial charge on any atom is -0.479 e. The molecule has 1 heterocycles. The van der Waals surface area contributed by atoms with Gasteiger partial charge in [0.1, 0.15) is 0 Å². The fraction of sp³-hybridized carbons (Fsp3) is 0.250. The Hall–Kier alpha value is -1.83. The number of halogens is 3. The molecule has 1 aromatic rings. The molecule has 5 nitrogen and oxygen atoms in total. The average Bonchev–Trinajstić information content (AvgIpc) is 2.16. The number of hydrogen-bond donors (Lipinski definition) is 2. The van der Waals surface area contributed by atoms with Crippen LogP contribution in [0.2, 0.25) is 0 Å². The summed E-state index contributed by atoms with van der Waals surface area (Å²) in [7, 11) is 0. The predicted molar refractivity (Wildman–Crippen MR) is 46.4 cm³/mol. The van der Waals surface area contributed by atoms with E-state index in [2.05, 4.69) is 9.82 Å². The maximum Gasteiger partial charge on any atom is 0.420 e. The van der Waals surface area contributed by atoms with E-state index < -0.39 is 30.1 Å². The summed E-state index contributed by atoms with van der Waals surface area (Å²) in [6, 6.07) is 1.92. The molecule has 0 fully saturated rings. The van der Waals surface area contributed by atoms with Crippen LogP contribution < -0.4 is 5.48 Å². The maximum absolute atomic E-state index is 12.4. The van der Waals surface area contributed by atoms with Crippen molar-refractivity contribution in [3.05, 3.63) is 23.9 Å². The van der Waals surface area contributed by atoms with Crippen LogP contribution in [0.25, 0.3) is 0 Å². The van der Waals surface area contributed by atoms with E-state index in [0.29, 0.717) is 0 Å². The first-order valence-electron chi connectivity index (χ1n) is 4.03. The number of alkyl halides is 3. The molecule has 0 aromatic carbocycles. The third-order valence-electron chi connectivity index (χ3n) is 1.48. The molecule has 0 bridgehead atoms. The van der Waals surface area contributed by atoms with E-state index in [1.54, 1.807) is 0 Å². The van der Waals surface area contributed by atoms with Gasteiger partial charge in [0.05, 0.1) is 5.56 Å². The lowest BCUT2D eigenvalue weighted by molar-refractivity contribution is -0.141. The number of nitrogens with zero attached hydrogens (tertiary/aromatic N) is 1. The highest BCUT2D eigenvalue weighted by atomic mass is 19.4. The molecule has 0 radical (unpaired) electrons. The van der Waals surface area contributed by atoms with Gasteiger partial charge in [-0.1, -0.05) is 0 Å². The number of anilines is 1. The zero-order valence-electron chi connectivity index (χ0n) is 7.78. The summed E-state index contributed by atoms with van der Waals surface area (Å²) in [6.45, 7) is -0.770. The van der Waals surface area contributed by atoms with E-state index in [4.69, 9.17) is 5.11 Å². The normalized spacial score (nSPS) is 11.2. The number of nitrogens with one attached hydrogen (secondary N) is 1. The fourth-order valence-corrected chi connectivity index (χ4v) is 0.882. The summed E-state index contributed by atoms with van der Waals surface area (Å²) in [6.07, 6.45) is -3.45. The van der Waals surface area contributed by atoms with Crippen LogP contribution in [0, 0.1) is 0 Å². The number of carboxylic acids is 1. The van der Waals surface area contributed by atoms with Crippen molar-refractivity contribution in [1.29, 1.82) is 0 Å². The molecule has 0 saturated carbocycles. The fourth-order valence-electron chi connectivity index (χ4n) is 0.882. The Morgan fingerprint density at radius 3 is 2.81 bits per heavy atom. The van der Waals surface area contributed by atoms with Crippen LogP contribution >= 0.6 is 0 Å². The number of carbonyl (C=O) groups is 1. The number of hydrogen-bond acceptors (Lipinski definition) is 4. The number of aromatic nitrogens is 1. The third kappa shape index (κ3) is 3.39. The van der Waals surface area contributed by atoms with Crippen molar-refractivity contribution in [3.63, 3.8) is 0 Å². The van der Waals surface area contributed by atoms with Gasteiger partial charge in [-0.25, -0.2) is 15.3 Å². The Morgan fingerprint density at radius 2 is 2.25 bits per heavy atom. The lowest BCUT2D eigenvalue weighted by atomic mass is 10.2. The van der Waals surface area contributed by atoms with Gasteiger partial charge in [-0.2, -0.15) is 13.2 Å². The van der Waals surface area contributed by atoms with Crippen molar-refractivity contribution >= 4 is 11.8 Å². The molecule has 1 rings (SSSR count). The van der Waals surface area contributed by atoms with Crippen LogP contribution in [0.4, 0.5) is 19.0 Å². The summed E-state index contributed by atoms with van der Waals surface area (Å²) in [5.41, 5.74) is 0.812. The number of aliphatic carboxylic acids is 1. The highest BCUT2D eigenvalue weighted by Gasteiger charge is 2.34. The van der Waals surface area contributed by atoms with E-state index >= 15 is 0 Å². The summed E-state index contributed by atoms with van der Waals surface area (Å²) >= 11 is 0. The monoisotopic (exact) mass is 236 g/mol. The quantitative estimate of drug-likeness (QED) is 0.775. The van der Waals surface area contributed by atoms with Gasteiger partial charge in [-0.15, -0.1) is 0 Å². The van der Waals surface area contributed by atoms with Gasteiger partial charge in [-0.3, -0.25) is 4.84 Å². The predicted octanol–water partition coefficient (Wildman–Crippen LogP) is 1.53. The highest BCUT2D eigenvalue weighted by molar-refractivity contribution is 5.68. The summed E-state index contributed by atoms with van der Waals surface area (Å²) in [4.78, 5) is 17.8. The third-order valence-corrected chi connectivity index (χ3v) is 1.48. The SMILES string of the molecule is O=C(O)CONc1ncccc1C(F)(F)F. The van der Waals surface area contributed by atoms with Crippen molar-refractivity contribution in [1.82, 2.24) is 4.98 Å². The Morgan fingerprint density at radius 1 is 1.56 bits per heavy atom. The molecule has 0 aliphatic rings. The zero-order valence-corrected chi connectivity index (χ0v) is 7.78. The second-order valence-electron chi connectivity index (χ2n) is 2.68. The van der Waals surface area contributed by atoms with Crippen LogP contribution in [0.15, 0.2) is 18.3 Å². The number of rotatable bonds is 4. The lowest BCUT2D eigenvalue weighted by Gasteiger charge is -2.11. The van der Waals surface area contributed by atoms with E-state index in [-0.39, 0.29) is 0 Å². The largest absolute Gasteiger partial charge is 0.479 e. The molecule has 0 amide bonds. The van der Waals surface area contributed by atoms with Gasteiger partial charge in [0.15, 0.2) is 12.4 Å². The minimum atomic E-state index is -4.58.